The third kappa shape index (κ3) is 4.46. The molecule has 37 heavy (non-hydrogen) atoms. The molecule has 2 amide bonds. The van der Waals surface area contributed by atoms with Crippen molar-refractivity contribution in [3.05, 3.63) is 76.9 Å². The lowest BCUT2D eigenvalue weighted by Crippen LogP contribution is -2.35. The van der Waals surface area contributed by atoms with Crippen molar-refractivity contribution in [1.29, 1.82) is 0 Å². The van der Waals surface area contributed by atoms with E-state index in [1.165, 1.54) is 0 Å². The van der Waals surface area contributed by atoms with Gasteiger partial charge in [-0.3, -0.25) is 14.4 Å². The van der Waals surface area contributed by atoms with Crippen molar-refractivity contribution >= 4 is 23.3 Å². The van der Waals surface area contributed by atoms with Crippen molar-refractivity contribution in [1.82, 2.24) is 0 Å². The number of benzene rings is 2. The fraction of sp³-hybridized carbons (Fsp3) is 0.370. The Kier molecular flexibility index (Phi) is 6.03. The van der Waals surface area contributed by atoms with Crippen LogP contribution in [0.2, 0.25) is 0 Å². The smallest absolute Gasteiger partial charge is 0.294 e. The molecule has 1 saturated carbocycles. The third-order valence-corrected chi connectivity index (χ3v) is 7.53. The summed E-state index contributed by atoms with van der Waals surface area (Å²) in [6, 6.07) is 9.08. The summed E-state index contributed by atoms with van der Waals surface area (Å²) in [5, 5.41) is 0. The largest absolute Gasteiger partial charge is 0.416 e. The molecule has 0 bridgehead atoms. The Morgan fingerprint density at radius 2 is 1.46 bits per heavy atom. The van der Waals surface area contributed by atoms with E-state index >= 15 is 0 Å². The molecular weight excluding hydrogens is 500 g/mol. The topological polar surface area (TPSA) is 54.5 Å². The second-order valence-electron chi connectivity index (χ2n) is 9.73. The number of rotatable bonds is 4. The normalized spacial score (nSPS) is 25.7. The Bertz CT molecular complexity index is 1270. The number of imide groups is 1. The molecule has 1 saturated heterocycles. The number of allylic oxidation sites excluding steroid dienone is 2. The van der Waals surface area contributed by atoms with E-state index < -0.39 is 58.7 Å². The Morgan fingerprint density at radius 1 is 0.865 bits per heavy atom. The maximum atomic E-state index is 13.6. The maximum absolute atomic E-state index is 13.6. The van der Waals surface area contributed by atoms with Crippen LogP contribution < -0.4 is 4.90 Å². The number of ketones is 1. The molecule has 0 radical (unpaired) electrons. The first-order chi connectivity index (χ1) is 17.4. The van der Waals surface area contributed by atoms with Gasteiger partial charge < -0.3 is 0 Å². The summed E-state index contributed by atoms with van der Waals surface area (Å²) in [5.41, 5.74) is -2.66. The molecule has 0 spiro atoms. The molecule has 2 aromatic carbocycles. The number of hydrogen-bond acceptors (Lipinski definition) is 3. The number of Topliss-reactive ketones (excluding diaryl/α,β-unsaturated/α-hetero) is 1. The van der Waals surface area contributed by atoms with Crippen molar-refractivity contribution in [2.45, 2.75) is 38.0 Å². The van der Waals surface area contributed by atoms with Gasteiger partial charge >= 0.3 is 12.4 Å². The number of hydrogen-bond donors (Lipinski definition) is 0. The molecule has 10 heteroatoms. The fourth-order valence-corrected chi connectivity index (χ4v) is 5.94. The summed E-state index contributed by atoms with van der Waals surface area (Å²) in [7, 11) is 0. The van der Waals surface area contributed by atoms with Crippen LogP contribution >= 0.6 is 0 Å². The number of nitrogens with zero attached hydrogens (tertiary/aromatic N) is 1. The number of carbonyl (C=O) groups excluding carboxylic acids is 3. The van der Waals surface area contributed by atoms with Gasteiger partial charge in [-0.05, 0) is 49.3 Å². The summed E-state index contributed by atoms with van der Waals surface area (Å²) < 4.78 is 80.7. The summed E-state index contributed by atoms with van der Waals surface area (Å²) in [4.78, 5) is 40.6. The van der Waals surface area contributed by atoms with E-state index in [4.69, 9.17) is 0 Å². The van der Waals surface area contributed by atoms with Crippen LogP contribution in [0.5, 0.6) is 0 Å². The minimum absolute atomic E-state index is 0.0421. The van der Waals surface area contributed by atoms with Gasteiger partial charge in [0.05, 0.1) is 28.7 Å². The van der Waals surface area contributed by atoms with Crippen LogP contribution in [0.3, 0.4) is 0 Å². The van der Waals surface area contributed by atoms with Gasteiger partial charge in [0.2, 0.25) is 11.8 Å². The van der Waals surface area contributed by atoms with E-state index in [1.807, 2.05) is 6.08 Å². The summed E-state index contributed by atoms with van der Waals surface area (Å²) in [5.74, 6) is -4.98. The first-order valence-corrected chi connectivity index (χ1v) is 11.8. The van der Waals surface area contributed by atoms with Gasteiger partial charge in [0.25, 0.3) is 0 Å². The van der Waals surface area contributed by atoms with Gasteiger partial charge in [-0.1, -0.05) is 42.0 Å². The SMILES string of the molecule is O=C(C[C@H]1C=C2CCC[C@H]2C2C(=O)N(c3cc(C(F)(F)F)cc(C(F)(F)F)c3)C(=O)C21)c1ccccc1. The maximum Gasteiger partial charge on any atom is 0.416 e. The molecule has 0 aromatic heterocycles. The Labute approximate surface area is 207 Å². The molecule has 2 fully saturated rings. The lowest BCUT2D eigenvalue weighted by atomic mass is 9.67. The molecule has 2 aromatic rings. The van der Waals surface area contributed by atoms with Crippen LogP contribution in [0.4, 0.5) is 32.0 Å². The third-order valence-electron chi connectivity index (χ3n) is 7.53. The zero-order valence-corrected chi connectivity index (χ0v) is 19.3. The summed E-state index contributed by atoms with van der Waals surface area (Å²) in [6.45, 7) is 0. The van der Waals surface area contributed by atoms with Crippen LogP contribution in [0, 0.1) is 23.7 Å². The summed E-state index contributed by atoms with van der Waals surface area (Å²) in [6.07, 6.45) is -6.56. The van der Waals surface area contributed by atoms with Crippen molar-refractivity contribution in [2.75, 3.05) is 4.90 Å². The van der Waals surface area contributed by atoms with Crippen LogP contribution in [-0.2, 0) is 21.9 Å². The lowest BCUT2D eigenvalue weighted by molar-refractivity contribution is -0.143. The molecule has 194 valence electrons. The standard InChI is InChI=1S/C27H21F6NO3/c28-26(29,30)17-11-18(27(31,32)33)13-19(12-17)34-24(36)22-16(10-21(35)14-5-2-1-3-6-14)9-15-7-4-8-20(15)23(22)25(34)37/h1-3,5-6,9,11-13,16,20,22-23H,4,7-8,10H2/t16-,20-,22?,23?/m1/s1. The molecule has 1 aliphatic heterocycles. The van der Waals surface area contributed by atoms with Gasteiger partial charge in [0, 0.05) is 12.0 Å². The number of halogens is 6. The number of alkyl halides is 6. The number of amides is 2. The van der Waals surface area contributed by atoms with Gasteiger partial charge in [-0.15, -0.1) is 0 Å². The minimum Gasteiger partial charge on any atom is -0.294 e. The molecule has 5 rings (SSSR count). The minimum atomic E-state index is -5.13. The van der Waals surface area contributed by atoms with E-state index in [9.17, 15) is 40.7 Å². The molecule has 4 atom stereocenters. The number of fused-ring (bicyclic) bond motifs is 3. The molecule has 2 aliphatic carbocycles. The highest BCUT2D eigenvalue weighted by Crippen LogP contribution is 2.52. The molecule has 0 N–H and O–H groups in total. The van der Waals surface area contributed by atoms with E-state index in [-0.39, 0.29) is 24.2 Å². The summed E-state index contributed by atoms with van der Waals surface area (Å²) >= 11 is 0. The monoisotopic (exact) mass is 521 g/mol. The number of anilines is 1. The zero-order chi connectivity index (χ0) is 26.7. The van der Waals surface area contributed by atoms with Gasteiger partial charge in [-0.2, -0.15) is 26.3 Å². The van der Waals surface area contributed by atoms with Crippen molar-refractivity contribution in [3.63, 3.8) is 0 Å². The van der Waals surface area contributed by atoms with Crippen LogP contribution in [0.25, 0.3) is 0 Å². The second kappa shape index (κ2) is 8.85. The van der Waals surface area contributed by atoms with E-state index in [0.717, 1.165) is 12.0 Å². The van der Waals surface area contributed by atoms with E-state index in [2.05, 4.69) is 0 Å². The highest BCUT2D eigenvalue weighted by molar-refractivity contribution is 6.22. The Morgan fingerprint density at radius 3 is 2.05 bits per heavy atom. The lowest BCUT2D eigenvalue weighted by Gasteiger charge is -2.33. The molecule has 1 heterocycles. The zero-order valence-electron chi connectivity index (χ0n) is 19.3. The molecule has 2 unspecified atom stereocenters. The highest BCUT2D eigenvalue weighted by atomic mass is 19.4. The van der Waals surface area contributed by atoms with Gasteiger partial charge in [0.1, 0.15) is 0 Å². The Balaban J connectivity index is 1.56. The first kappa shape index (κ1) is 25.2. The van der Waals surface area contributed by atoms with Crippen LogP contribution in [-0.4, -0.2) is 17.6 Å². The van der Waals surface area contributed by atoms with Crippen LogP contribution in [0.15, 0.2) is 60.2 Å². The molecule has 3 aliphatic rings. The average molecular weight is 521 g/mol. The second-order valence-corrected chi connectivity index (χ2v) is 9.73. The van der Waals surface area contributed by atoms with Crippen LogP contribution in [0.1, 0.15) is 47.2 Å². The van der Waals surface area contributed by atoms with Crippen molar-refractivity contribution in [3.8, 4) is 0 Å². The predicted molar refractivity (Wildman–Crippen MR) is 120 cm³/mol. The first-order valence-electron chi connectivity index (χ1n) is 11.8. The number of carbonyl (C=O) groups is 3. The van der Waals surface area contributed by atoms with Gasteiger partial charge in [-0.25, -0.2) is 4.90 Å². The molecular formula is C27H21F6NO3. The van der Waals surface area contributed by atoms with Crippen molar-refractivity contribution in [2.24, 2.45) is 23.7 Å². The van der Waals surface area contributed by atoms with Gasteiger partial charge in [0.15, 0.2) is 5.78 Å². The van der Waals surface area contributed by atoms with E-state index in [1.54, 1.807) is 30.3 Å². The van der Waals surface area contributed by atoms with Crippen molar-refractivity contribution < 1.29 is 40.7 Å². The quantitative estimate of drug-likeness (QED) is 0.201. The molecule has 4 nitrogen and oxygen atoms in total. The fourth-order valence-electron chi connectivity index (χ4n) is 5.94. The predicted octanol–water partition coefficient (Wildman–Crippen LogP) is 6.46. The highest BCUT2D eigenvalue weighted by Gasteiger charge is 2.57. The van der Waals surface area contributed by atoms with E-state index in [0.29, 0.717) is 35.4 Å². The Hall–Kier alpha value is -3.43. The average Bonchev–Trinajstić information content (AvgIpc) is 3.40.